The van der Waals surface area contributed by atoms with Crippen LogP contribution in [0.1, 0.15) is 24.5 Å². The summed E-state index contributed by atoms with van der Waals surface area (Å²) in [4.78, 5) is 41.5. The van der Waals surface area contributed by atoms with E-state index < -0.39 is 0 Å². The molecule has 2 aliphatic heterocycles. The third-order valence-electron chi connectivity index (χ3n) is 6.22. The maximum absolute atomic E-state index is 12.8. The number of carbonyl (C=O) groups excluding carboxylic acids is 3. The summed E-state index contributed by atoms with van der Waals surface area (Å²) in [5.41, 5.74) is 3.06. The summed E-state index contributed by atoms with van der Waals surface area (Å²) in [6.07, 6.45) is 3.65. The number of thioether (sulfide) groups is 1. The van der Waals surface area contributed by atoms with Gasteiger partial charge in [-0.15, -0.1) is 0 Å². The lowest BCUT2D eigenvalue weighted by molar-refractivity contribution is -0.124. The molecule has 0 unspecified atom stereocenters. The molecule has 1 saturated heterocycles. The van der Waals surface area contributed by atoms with Gasteiger partial charge in [0.05, 0.1) is 25.7 Å². The van der Waals surface area contributed by atoms with Gasteiger partial charge in [-0.3, -0.25) is 19.3 Å². The highest BCUT2D eigenvalue weighted by Gasteiger charge is 2.35. The highest BCUT2D eigenvalue weighted by molar-refractivity contribution is 8.18. The number of fused-ring (bicyclic) bond motifs is 1. The van der Waals surface area contributed by atoms with E-state index in [2.05, 4.69) is 23.2 Å². The minimum Gasteiger partial charge on any atom is -0.493 e. The number of imide groups is 1. The Balaban J connectivity index is 1.33. The molecule has 184 valence electrons. The summed E-state index contributed by atoms with van der Waals surface area (Å²) in [6.45, 7) is 2.67. The summed E-state index contributed by atoms with van der Waals surface area (Å²) >= 11 is 0.885. The summed E-state index contributed by atoms with van der Waals surface area (Å²) in [7, 11) is 3.09. The van der Waals surface area contributed by atoms with Gasteiger partial charge in [0, 0.05) is 24.8 Å². The van der Waals surface area contributed by atoms with Crippen molar-refractivity contribution < 1.29 is 23.9 Å². The van der Waals surface area contributed by atoms with E-state index in [9.17, 15) is 14.4 Å². The normalized spacial score (nSPS) is 18.6. The van der Waals surface area contributed by atoms with E-state index in [1.54, 1.807) is 31.4 Å². The van der Waals surface area contributed by atoms with Gasteiger partial charge in [-0.2, -0.15) is 0 Å². The van der Waals surface area contributed by atoms with E-state index in [-0.39, 0.29) is 42.7 Å². The van der Waals surface area contributed by atoms with Gasteiger partial charge in [-0.25, -0.2) is 0 Å². The Hall–Kier alpha value is -3.46. The van der Waals surface area contributed by atoms with Crippen molar-refractivity contribution in [3.63, 3.8) is 0 Å². The number of methoxy groups -OCH3 is 2. The maximum Gasteiger partial charge on any atom is 0.293 e. The number of nitrogens with zero attached hydrogens (tertiary/aromatic N) is 2. The van der Waals surface area contributed by atoms with Gasteiger partial charge in [0.25, 0.3) is 11.1 Å². The molecule has 9 heteroatoms. The second kappa shape index (κ2) is 10.9. The van der Waals surface area contributed by atoms with E-state index in [1.807, 2.05) is 18.2 Å². The van der Waals surface area contributed by atoms with Gasteiger partial charge in [0.1, 0.15) is 0 Å². The Morgan fingerprint density at radius 2 is 1.91 bits per heavy atom. The average Bonchev–Trinajstić information content (AvgIpc) is 3.13. The molecule has 2 heterocycles. The van der Waals surface area contributed by atoms with Crippen LogP contribution in [0.15, 0.2) is 47.4 Å². The van der Waals surface area contributed by atoms with E-state index in [4.69, 9.17) is 9.47 Å². The third kappa shape index (κ3) is 5.45. The molecule has 8 nitrogen and oxygen atoms in total. The quantitative estimate of drug-likeness (QED) is 0.559. The van der Waals surface area contributed by atoms with Gasteiger partial charge in [0.2, 0.25) is 5.91 Å². The Morgan fingerprint density at radius 3 is 2.69 bits per heavy atom. The summed E-state index contributed by atoms with van der Waals surface area (Å²) in [5.74, 6) is 0.605. The fourth-order valence-electron chi connectivity index (χ4n) is 4.31. The fraction of sp³-hybridized carbons (Fsp3) is 0.346. The van der Waals surface area contributed by atoms with Crippen LogP contribution in [-0.4, -0.2) is 61.8 Å². The SMILES string of the molecule is COc1ccc(/C=C2/SC(=O)N(CCNC(=O)CN3c4ccccc4CC[C@@H]3C)C2=O)cc1OC. The largest absolute Gasteiger partial charge is 0.493 e. The van der Waals surface area contributed by atoms with E-state index in [0.29, 0.717) is 16.4 Å². The molecule has 1 atom stereocenters. The molecule has 0 radical (unpaired) electrons. The van der Waals surface area contributed by atoms with Crippen molar-refractivity contribution in [2.45, 2.75) is 25.8 Å². The zero-order chi connectivity index (χ0) is 24.9. The Labute approximate surface area is 209 Å². The van der Waals surface area contributed by atoms with Crippen molar-refractivity contribution in [2.24, 2.45) is 0 Å². The zero-order valence-electron chi connectivity index (χ0n) is 20.1. The molecular formula is C26H29N3O5S. The molecule has 0 aromatic heterocycles. The van der Waals surface area contributed by atoms with E-state index >= 15 is 0 Å². The van der Waals surface area contributed by atoms with Crippen molar-refractivity contribution in [2.75, 3.05) is 38.8 Å². The van der Waals surface area contributed by atoms with Gasteiger partial charge < -0.3 is 19.7 Å². The molecule has 0 spiro atoms. The number of carbonyl (C=O) groups is 3. The number of aryl methyl sites for hydroxylation is 1. The lowest BCUT2D eigenvalue weighted by Crippen LogP contribution is -2.46. The molecule has 0 bridgehead atoms. The molecule has 1 N–H and O–H groups in total. The third-order valence-corrected chi connectivity index (χ3v) is 7.12. The highest BCUT2D eigenvalue weighted by Crippen LogP contribution is 2.34. The van der Waals surface area contributed by atoms with Crippen molar-refractivity contribution >= 4 is 40.6 Å². The van der Waals surface area contributed by atoms with Gasteiger partial charge in [-0.1, -0.05) is 24.3 Å². The van der Waals surface area contributed by atoms with E-state index in [1.165, 1.54) is 12.7 Å². The molecule has 4 rings (SSSR count). The first-order valence-corrected chi connectivity index (χ1v) is 12.3. The number of para-hydroxylation sites is 1. The first kappa shape index (κ1) is 24.7. The molecule has 2 aliphatic rings. The van der Waals surface area contributed by atoms with Crippen molar-refractivity contribution in [3.05, 3.63) is 58.5 Å². The molecule has 35 heavy (non-hydrogen) atoms. The van der Waals surface area contributed by atoms with E-state index in [0.717, 1.165) is 40.8 Å². The molecule has 3 amide bonds. The first-order chi connectivity index (χ1) is 16.9. The second-order valence-corrected chi connectivity index (χ2v) is 9.44. The lowest BCUT2D eigenvalue weighted by atomic mass is 9.97. The monoisotopic (exact) mass is 495 g/mol. The van der Waals surface area contributed by atoms with Crippen LogP contribution in [0.4, 0.5) is 10.5 Å². The molecule has 0 saturated carbocycles. The van der Waals surface area contributed by atoms with Crippen LogP contribution in [0.2, 0.25) is 0 Å². The molecule has 2 aromatic rings. The Kier molecular flexibility index (Phi) is 7.65. The fourth-order valence-corrected chi connectivity index (χ4v) is 5.17. The minimum absolute atomic E-state index is 0.117. The minimum atomic E-state index is -0.373. The van der Waals surface area contributed by atoms with Crippen LogP contribution in [-0.2, 0) is 16.0 Å². The number of rotatable bonds is 8. The summed E-state index contributed by atoms with van der Waals surface area (Å²) in [6, 6.07) is 13.7. The number of hydrogen-bond acceptors (Lipinski definition) is 7. The molecule has 2 aromatic carbocycles. The van der Waals surface area contributed by atoms with Crippen LogP contribution in [0.25, 0.3) is 6.08 Å². The number of amides is 3. The smallest absolute Gasteiger partial charge is 0.293 e. The Morgan fingerprint density at radius 1 is 1.14 bits per heavy atom. The van der Waals surface area contributed by atoms with Gasteiger partial charge >= 0.3 is 0 Å². The predicted molar refractivity (Wildman–Crippen MR) is 137 cm³/mol. The zero-order valence-corrected chi connectivity index (χ0v) is 20.9. The summed E-state index contributed by atoms with van der Waals surface area (Å²) in [5, 5.41) is 2.50. The Bertz CT molecular complexity index is 1170. The first-order valence-electron chi connectivity index (χ1n) is 11.5. The number of benzene rings is 2. The highest BCUT2D eigenvalue weighted by atomic mass is 32.2. The topological polar surface area (TPSA) is 88.2 Å². The van der Waals surface area contributed by atoms with Crippen molar-refractivity contribution in [1.29, 1.82) is 0 Å². The van der Waals surface area contributed by atoms with Crippen molar-refractivity contribution in [1.82, 2.24) is 10.2 Å². The number of anilines is 1. The van der Waals surface area contributed by atoms with Crippen LogP contribution in [0, 0.1) is 0 Å². The van der Waals surface area contributed by atoms with Crippen LogP contribution in [0.3, 0.4) is 0 Å². The second-order valence-electron chi connectivity index (χ2n) is 8.44. The van der Waals surface area contributed by atoms with Crippen LogP contribution >= 0.6 is 11.8 Å². The number of nitrogens with one attached hydrogen (secondary N) is 1. The summed E-state index contributed by atoms with van der Waals surface area (Å²) < 4.78 is 10.5. The average molecular weight is 496 g/mol. The van der Waals surface area contributed by atoms with Gasteiger partial charge in [0.15, 0.2) is 11.5 Å². The standard InChI is InChI=1S/C26H29N3O5S/c1-17-8-10-19-6-4-5-7-20(19)29(17)16-24(30)27-12-13-28-25(31)23(35-26(28)32)15-18-9-11-21(33-2)22(14-18)34-3/h4-7,9,11,14-15,17H,8,10,12-13,16H2,1-3H3,(H,27,30)/b23-15+/t17-/m0/s1. The molecule has 1 fully saturated rings. The lowest BCUT2D eigenvalue weighted by Gasteiger charge is -2.36. The number of ether oxygens (including phenoxy) is 2. The predicted octanol–water partition coefficient (Wildman–Crippen LogP) is 3.70. The molecular weight excluding hydrogens is 466 g/mol. The molecule has 0 aliphatic carbocycles. The number of hydrogen-bond donors (Lipinski definition) is 1. The maximum atomic E-state index is 12.8. The van der Waals surface area contributed by atoms with Crippen LogP contribution < -0.4 is 19.7 Å². The van der Waals surface area contributed by atoms with Gasteiger partial charge in [-0.05, 0) is 66.9 Å². The van der Waals surface area contributed by atoms with Crippen molar-refractivity contribution in [3.8, 4) is 11.5 Å². The van der Waals surface area contributed by atoms with Crippen LogP contribution in [0.5, 0.6) is 11.5 Å².